The van der Waals surface area contributed by atoms with Crippen molar-refractivity contribution in [1.29, 1.82) is 0 Å². The van der Waals surface area contributed by atoms with Crippen molar-refractivity contribution in [2.45, 2.75) is 32.2 Å². The third-order valence-corrected chi connectivity index (χ3v) is 2.68. The number of nitrogens with one attached hydrogen (secondary N) is 1. The van der Waals surface area contributed by atoms with Crippen LogP contribution in [0, 0.1) is 0 Å². The normalized spacial score (nSPS) is 13.9. The molecule has 0 saturated heterocycles. The second kappa shape index (κ2) is 6.90. The summed E-state index contributed by atoms with van der Waals surface area (Å²) in [6.07, 6.45) is 6.32. The molecule has 0 aliphatic rings. The SMILES string of the molecule is CCC(CC(N)=NO)NCCc1cnn(C)c1. The Hall–Kier alpha value is -1.56. The monoisotopic (exact) mass is 239 g/mol. The lowest BCUT2D eigenvalue weighted by molar-refractivity contribution is 0.315. The summed E-state index contributed by atoms with van der Waals surface area (Å²) >= 11 is 0. The summed E-state index contributed by atoms with van der Waals surface area (Å²) in [6, 6.07) is 0.252. The van der Waals surface area contributed by atoms with Gasteiger partial charge < -0.3 is 16.3 Å². The predicted octanol–water partition coefficient (Wildman–Crippen LogP) is 0.467. The van der Waals surface area contributed by atoms with Gasteiger partial charge in [-0.15, -0.1) is 0 Å². The Balaban J connectivity index is 2.28. The molecule has 1 unspecified atom stereocenters. The third kappa shape index (κ3) is 4.86. The van der Waals surface area contributed by atoms with E-state index in [1.807, 2.05) is 19.4 Å². The van der Waals surface area contributed by atoms with Crippen LogP contribution in [0.25, 0.3) is 0 Å². The Kier molecular flexibility index (Phi) is 5.48. The molecule has 6 heteroatoms. The highest BCUT2D eigenvalue weighted by Crippen LogP contribution is 2.00. The van der Waals surface area contributed by atoms with E-state index in [4.69, 9.17) is 10.9 Å². The average molecular weight is 239 g/mol. The van der Waals surface area contributed by atoms with Crippen molar-refractivity contribution in [3.05, 3.63) is 18.0 Å². The van der Waals surface area contributed by atoms with E-state index in [2.05, 4.69) is 22.5 Å². The fourth-order valence-electron chi connectivity index (χ4n) is 1.68. The highest BCUT2D eigenvalue weighted by atomic mass is 16.4. The van der Waals surface area contributed by atoms with Crippen LogP contribution >= 0.6 is 0 Å². The third-order valence-electron chi connectivity index (χ3n) is 2.68. The van der Waals surface area contributed by atoms with Gasteiger partial charge in [0.2, 0.25) is 0 Å². The predicted molar refractivity (Wildman–Crippen MR) is 67.0 cm³/mol. The van der Waals surface area contributed by atoms with Gasteiger partial charge >= 0.3 is 0 Å². The summed E-state index contributed by atoms with van der Waals surface area (Å²) < 4.78 is 1.79. The molecule has 0 saturated carbocycles. The molecule has 1 aromatic rings. The number of oxime groups is 1. The number of hydrogen-bond donors (Lipinski definition) is 3. The van der Waals surface area contributed by atoms with E-state index in [-0.39, 0.29) is 11.9 Å². The van der Waals surface area contributed by atoms with Crippen LogP contribution in [-0.4, -0.2) is 33.4 Å². The molecule has 0 radical (unpaired) electrons. The maximum atomic E-state index is 8.51. The fraction of sp³-hybridized carbons (Fsp3) is 0.636. The van der Waals surface area contributed by atoms with Gasteiger partial charge in [0.15, 0.2) is 0 Å². The fourth-order valence-corrected chi connectivity index (χ4v) is 1.68. The van der Waals surface area contributed by atoms with Crippen LogP contribution in [0.5, 0.6) is 0 Å². The zero-order valence-electron chi connectivity index (χ0n) is 10.4. The summed E-state index contributed by atoms with van der Waals surface area (Å²) in [7, 11) is 1.91. The standard InChI is InChI=1S/C11H21N5O/c1-3-10(6-11(12)15-17)13-5-4-9-7-14-16(2)8-9/h7-8,10,13,17H,3-6H2,1-2H3,(H2,12,15). The smallest absolute Gasteiger partial charge is 0.140 e. The minimum atomic E-state index is 0.252. The first kappa shape index (κ1) is 13.5. The van der Waals surface area contributed by atoms with Gasteiger partial charge in [-0.2, -0.15) is 5.10 Å². The van der Waals surface area contributed by atoms with Gasteiger partial charge in [-0.3, -0.25) is 4.68 Å². The summed E-state index contributed by atoms with van der Waals surface area (Å²) in [5.74, 6) is 0.269. The van der Waals surface area contributed by atoms with Crippen LogP contribution in [-0.2, 0) is 13.5 Å². The second-order valence-corrected chi connectivity index (χ2v) is 4.13. The first-order valence-electron chi connectivity index (χ1n) is 5.83. The van der Waals surface area contributed by atoms with E-state index in [9.17, 15) is 0 Å². The summed E-state index contributed by atoms with van der Waals surface area (Å²) in [4.78, 5) is 0. The van der Waals surface area contributed by atoms with E-state index in [1.165, 1.54) is 5.56 Å². The largest absolute Gasteiger partial charge is 0.409 e. The number of nitrogens with two attached hydrogens (primary N) is 1. The molecular formula is C11H21N5O. The first-order chi connectivity index (χ1) is 8.15. The zero-order valence-corrected chi connectivity index (χ0v) is 10.4. The molecule has 0 spiro atoms. The van der Waals surface area contributed by atoms with E-state index in [1.54, 1.807) is 4.68 Å². The van der Waals surface area contributed by atoms with E-state index in [0.29, 0.717) is 6.42 Å². The summed E-state index contributed by atoms with van der Waals surface area (Å²) in [5, 5.41) is 19.0. The Morgan fingerprint density at radius 1 is 1.71 bits per heavy atom. The molecule has 0 bridgehead atoms. The lowest BCUT2D eigenvalue weighted by Gasteiger charge is -2.15. The molecule has 0 aliphatic heterocycles. The van der Waals surface area contributed by atoms with E-state index < -0.39 is 0 Å². The van der Waals surface area contributed by atoms with Crippen molar-refractivity contribution < 1.29 is 5.21 Å². The molecule has 6 nitrogen and oxygen atoms in total. The van der Waals surface area contributed by atoms with Crippen molar-refractivity contribution in [2.75, 3.05) is 6.54 Å². The Morgan fingerprint density at radius 3 is 3.00 bits per heavy atom. The van der Waals surface area contributed by atoms with Gasteiger partial charge in [0, 0.05) is 25.7 Å². The Labute approximate surface area is 101 Å². The molecule has 0 aliphatic carbocycles. The van der Waals surface area contributed by atoms with Crippen LogP contribution in [0.15, 0.2) is 17.5 Å². The molecule has 1 aromatic heterocycles. The maximum absolute atomic E-state index is 8.51. The number of amidine groups is 1. The van der Waals surface area contributed by atoms with E-state index in [0.717, 1.165) is 19.4 Å². The summed E-state index contributed by atoms with van der Waals surface area (Å²) in [6.45, 7) is 2.94. The molecule has 17 heavy (non-hydrogen) atoms. The quantitative estimate of drug-likeness (QED) is 0.279. The summed E-state index contributed by atoms with van der Waals surface area (Å²) in [5.41, 5.74) is 6.69. The zero-order chi connectivity index (χ0) is 12.7. The Bertz CT molecular complexity index is 360. The molecule has 96 valence electrons. The second-order valence-electron chi connectivity index (χ2n) is 4.13. The van der Waals surface area contributed by atoms with Crippen LogP contribution in [0.1, 0.15) is 25.3 Å². The van der Waals surface area contributed by atoms with Crippen molar-refractivity contribution >= 4 is 5.84 Å². The lowest BCUT2D eigenvalue weighted by atomic mass is 10.1. The molecule has 1 atom stereocenters. The molecule has 0 amide bonds. The molecule has 1 rings (SSSR count). The average Bonchev–Trinajstić information content (AvgIpc) is 2.73. The maximum Gasteiger partial charge on any atom is 0.140 e. The highest BCUT2D eigenvalue weighted by molar-refractivity contribution is 5.80. The van der Waals surface area contributed by atoms with Gasteiger partial charge in [0.25, 0.3) is 0 Å². The highest BCUT2D eigenvalue weighted by Gasteiger charge is 2.08. The lowest BCUT2D eigenvalue weighted by Crippen LogP contribution is -2.34. The van der Waals surface area contributed by atoms with E-state index >= 15 is 0 Å². The van der Waals surface area contributed by atoms with Crippen molar-refractivity contribution in [3.63, 3.8) is 0 Å². The number of rotatable bonds is 7. The number of aryl methyl sites for hydroxylation is 1. The minimum Gasteiger partial charge on any atom is -0.409 e. The molecule has 0 fully saturated rings. The topological polar surface area (TPSA) is 88.5 Å². The number of hydrogen-bond acceptors (Lipinski definition) is 4. The van der Waals surface area contributed by atoms with Crippen LogP contribution < -0.4 is 11.1 Å². The van der Waals surface area contributed by atoms with Crippen LogP contribution in [0.4, 0.5) is 0 Å². The molecular weight excluding hydrogens is 218 g/mol. The van der Waals surface area contributed by atoms with Crippen LogP contribution in [0.2, 0.25) is 0 Å². The van der Waals surface area contributed by atoms with Crippen molar-refractivity contribution in [3.8, 4) is 0 Å². The Morgan fingerprint density at radius 2 is 2.47 bits per heavy atom. The number of nitrogens with zero attached hydrogens (tertiary/aromatic N) is 3. The molecule has 0 aromatic carbocycles. The van der Waals surface area contributed by atoms with Gasteiger partial charge in [-0.05, 0) is 24.9 Å². The minimum absolute atomic E-state index is 0.252. The number of aromatic nitrogens is 2. The van der Waals surface area contributed by atoms with Crippen LogP contribution in [0.3, 0.4) is 0 Å². The van der Waals surface area contributed by atoms with Crippen molar-refractivity contribution in [1.82, 2.24) is 15.1 Å². The van der Waals surface area contributed by atoms with Gasteiger partial charge in [0.1, 0.15) is 5.84 Å². The van der Waals surface area contributed by atoms with Gasteiger partial charge in [-0.1, -0.05) is 12.1 Å². The molecule has 1 heterocycles. The first-order valence-corrected chi connectivity index (χ1v) is 5.83. The van der Waals surface area contributed by atoms with Gasteiger partial charge in [-0.25, -0.2) is 0 Å². The van der Waals surface area contributed by atoms with Crippen molar-refractivity contribution in [2.24, 2.45) is 17.9 Å². The van der Waals surface area contributed by atoms with Gasteiger partial charge in [0.05, 0.1) is 6.20 Å². The molecule has 4 N–H and O–H groups in total.